The molecular weight excluding hydrogens is 253 g/mol. The first kappa shape index (κ1) is 13.5. The molecule has 1 aromatic carbocycles. The second kappa shape index (κ2) is 4.60. The molecule has 0 radical (unpaired) electrons. The summed E-state index contributed by atoms with van der Waals surface area (Å²) in [5.74, 6) is -0.876. The zero-order valence-corrected chi connectivity index (χ0v) is 10.7. The van der Waals surface area contributed by atoms with Crippen molar-refractivity contribution in [3.05, 3.63) is 39.7 Å². The second-order valence-corrected chi connectivity index (χ2v) is 5.04. The van der Waals surface area contributed by atoms with Gasteiger partial charge >= 0.3 is 5.97 Å². The van der Waals surface area contributed by atoms with Crippen molar-refractivity contribution in [2.24, 2.45) is 5.92 Å². The first-order valence-corrected chi connectivity index (χ1v) is 5.93. The number of nitro benzene ring substituents is 1. The summed E-state index contributed by atoms with van der Waals surface area (Å²) in [5.41, 5.74) is -0.969. The van der Waals surface area contributed by atoms with Crippen molar-refractivity contribution < 1.29 is 18.8 Å². The summed E-state index contributed by atoms with van der Waals surface area (Å²) in [6.07, 6.45) is 1.03. The quantitative estimate of drug-likeness (QED) is 0.479. The number of carbonyl (C=O) groups excluding carboxylic acids is 1. The Bertz CT molecular complexity index is 537. The number of rotatable bonds is 3. The number of nitrogens with zero attached hydrogens (tertiary/aromatic N) is 1. The minimum Gasteiger partial charge on any atom is -0.468 e. The molecule has 1 saturated carbocycles. The van der Waals surface area contributed by atoms with Crippen molar-refractivity contribution in [2.75, 3.05) is 7.11 Å². The van der Waals surface area contributed by atoms with Crippen LogP contribution in [0, 0.1) is 21.8 Å². The van der Waals surface area contributed by atoms with Gasteiger partial charge in [-0.1, -0.05) is 6.92 Å². The van der Waals surface area contributed by atoms with Gasteiger partial charge < -0.3 is 4.74 Å². The van der Waals surface area contributed by atoms with Crippen molar-refractivity contribution >= 4 is 11.7 Å². The lowest BCUT2D eigenvalue weighted by Gasteiger charge is -2.44. The fourth-order valence-corrected chi connectivity index (χ4v) is 2.80. The van der Waals surface area contributed by atoms with E-state index in [0.717, 1.165) is 6.07 Å². The smallest absolute Gasteiger partial charge is 0.316 e. The summed E-state index contributed by atoms with van der Waals surface area (Å²) < 4.78 is 18.3. The van der Waals surface area contributed by atoms with E-state index in [9.17, 15) is 19.3 Å². The minimum absolute atomic E-state index is 0.307. The summed E-state index contributed by atoms with van der Waals surface area (Å²) in [4.78, 5) is 22.0. The van der Waals surface area contributed by atoms with E-state index in [4.69, 9.17) is 4.74 Å². The van der Waals surface area contributed by atoms with Crippen LogP contribution in [0.3, 0.4) is 0 Å². The number of halogens is 1. The molecule has 0 amide bonds. The van der Waals surface area contributed by atoms with Crippen LogP contribution in [0.15, 0.2) is 18.2 Å². The van der Waals surface area contributed by atoms with Gasteiger partial charge in [0.2, 0.25) is 0 Å². The molecule has 0 N–H and O–H groups in total. The third kappa shape index (κ3) is 2.18. The maximum atomic E-state index is 13.5. The maximum Gasteiger partial charge on any atom is 0.316 e. The monoisotopic (exact) mass is 267 g/mol. The molecule has 6 heteroatoms. The molecule has 1 aliphatic carbocycles. The molecular formula is C13H14FNO4. The predicted octanol–water partition coefficient (Wildman–Crippen LogP) is 2.57. The fraction of sp³-hybridized carbons (Fsp3) is 0.462. The van der Waals surface area contributed by atoms with E-state index in [1.807, 2.05) is 6.92 Å². The van der Waals surface area contributed by atoms with Crippen LogP contribution >= 0.6 is 0 Å². The Hall–Kier alpha value is -1.98. The summed E-state index contributed by atoms with van der Waals surface area (Å²) in [7, 11) is 1.26. The first-order valence-electron chi connectivity index (χ1n) is 5.93. The van der Waals surface area contributed by atoms with Crippen molar-refractivity contribution in [1.29, 1.82) is 0 Å². The minimum atomic E-state index is -0.943. The zero-order chi connectivity index (χ0) is 14.2. The van der Waals surface area contributed by atoms with E-state index >= 15 is 0 Å². The van der Waals surface area contributed by atoms with Crippen LogP contribution in [0.5, 0.6) is 0 Å². The average molecular weight is 267 g/mol. The van der Waals surface area contributed by atoms with Gasteiger partial charge in [-0.15, -0.1) is 0 Å². The Morgan fingerprint density at radius 3 is 2.58 bits per heavy atom. The van der Waals surface area contributed by atoms with Crippen molar-refractivity contribution in [1.82, 2.24) is 0 Å². The molecule has 2 rings (SSSR count). The van der Waals surface area contributed by atoms with Gasteiger partial charge in [0.15, 0.2) is 0 Å². The standard InChI is InChI=1S/C13H14FNO4/c1-8-6-13(7-8,12(16)19-2)9-3-10(14)5-11(4-9)15(17)18/h3-5,8H,6-7H2,1-2H3. The highest BCUT2D eigenvalue weighted by Gasteiger charge is 2.51. The maximum absolute atomic E-state index is 13.5. The Kier molecular flexibility index (Phi) is 3.26. The third-order valence-corrected chi connectivity index (χ3v) is 3.62. The van der Waals surface area contributed by atoms with Gasteiger partial charge in [0.1, 0.15) is 5.82 Å². The molecule has 1 aliphatic rings. The Morgan fingerprint density at radius 2 is 2.11 bits per heavy atom. The predicted molar refractivity (Wildman–Crippen MR) is 65.1 cm³/mol. The summed E-state index contributed by atoms with van der Waals surface area (Å²) in [6, 6.07) is 3.28. The van der Waals surface area contributed by atoms with Crippen LogP contribution in [0.25, 0.3) is 0 Å². The SMILES string of the molecule is COC(=O)C1(c2cc(F)cc([N+](=O)[O-])c2)CC(C)C1. The Morgan fingerprint density at radius 1 is 1.47 bits per heavy atom. The Balaban J connectivity index is 2.49. The number of non-ortho nitro benzene ring substituents is 1. The first-order chi connectivity index (χ1) is 8.89. The number of carbonyl (C=O) groups is 1. The number of nitro groups is 1. The number of benzene rings is 1. The number of hydrogen-bond acceptors (Lipinski definition) is 4. The lowest BCUT2D eigenvalue weighted by molar-refractivity contribution is -0.385. The van der Waals surface area contributed by atoms with Gasteiger partial charge in [-0.2, -0.15) is 0 Å². The summed E-state index contributed by atoms with van der Waals surface area (Å²) in [6.45, 7) is 1.97. The van der Waals surface area contributed by atoms with E-state index in [0.29, 0.717) is 24.3 Å². The molecule has 0 atom stereocenters. The van der Waals surface area contributed by atoms with Gasteiger partial charge in [0.25, 0.3) is 5.69 Å². The molecule has 0 bridgehead atoms. The summed E-state index contributed by atoms with van der Waals surface area (Å²) >= 11 is 0. The number of hydrogen-bond donors (Lipinski definition) is 0. The van der Waals surface area contributed by atoms with E-state index in [2.05, 4.69) is 0 Å². The van der Waals surface area contributed by atoms with Crippen LogP contribution < -0.4 is 0 Å². The lowest BCUT2D eigenvalue weighted by Crippen LogP contribution is -2.47. The molecule has 19 heavy (non-hydrogen) atoms. The van der Waals surface area contributed by atoms with E-state index in [1.165, 1.54) is 19.2 Å². The van der Waals surface area contributed by atoms with E-state index in [-0.39, 0.29) is 5.69 Å². The average Bonchev–Trinajstić information content (AvgIpc) is 2.32. The second-order valence-electron chi connectivity index (χ2n) is 5.04. The van der Waals surface area contributed by atoms with Crippen molar-refractivity contribution in [3.8, 4) is 0 Å². The molecule has 0 aromatic heterocycles. The van der Waals surface area contributed by atoms with Crippen LogP contribution in [0.2, 0.25) is 0 Å². The molecule has 1 fully saturated rings. The van der Waals surface area contributed by atoms with Crippen LogP contribution in [0.1, 0.15) is 25.3 Å². The molecule has 0 heterocycles. The van der Waals surface area contributed by atoms with Gasteiger partial charge in [0, 0.05) is 6.07 Å². The molecule has 0 aliphatic heterocycles. The van der Waals surface area contributed by atoms with Crippen LogP contribution in [-0.2, 0) is 14.9 Å². The topological polar surface area (TPSA) is 69.4 Å². The summed E-state index contributed by atoms with van der Waals surface area (Å²) in [5, 5.41) is 10.8. The Labute approximate surface area is 109 Å². The van der Waals surface area contributed by atoms with Gasteiger partial charge in [-0.05, 0) is 30.4 Å². The number of esters is 1. The largest absolute Gasteiger partial charge is 0.468 e. The van der Waals surface area contributed by atoms with E-state index < -0.39 is 22.1 Å². The van der Waals surface area contributed by atoms with Gasteiger partial charge in [-0.25, -0.2) is 4.39 Å². The number of methoxy groups -OCH3 is 1. The number of ether oxygens (including phenoxy) is 1. The molecule has 102 valence electrons. The van der Waals surface area contributed by atoms with Gasteiger partial charge in [-0.3, -0.25) is 14.9 Å². The van der Waals surface area contributed by atoms with Crippen LogP contribution in [0.4, 0.5) is 10.1 Å². The van der Waals surface area contributed by atoms with Crippen LogP contribution in [-0.4, -0.2) is 18.0 Å². The molecule has 0 spiro atoms. The fourth-order valence-electron chi connectivity index (χ4n) is 2.80. The molecule has 5 nitrogen and oxygen atoms in total. The van der Waals surface area contributed by atoms with E-state index in [1.54, 1.807) is 0 Å². The molecule has 0 unspecified atom stereocenters. The molecule has 0 saturated heterocycles. The highest BCUT2D eigenvalue weighted by Crippen LogP contribution is 2.49. The molecule has 1 aromatic rings. The third-order valence-electron chi connectivity index (χ3n) is 3.62. The van der Waals surface area contributed by atoms with Crippen molar-refractivity contribution in [3.63, 3.8) is 0 Å². The highest BCUT2D eigenvalue weighted by atomic mass is 19.1. The normalized spacial score (nSPS) is 25.5. The highest BCUT2D eigenvalue weighted by molar-refractivity contribution is 5.84. The van der Waals surface area contributed by atoms with Crippen molar-refractivity contribution in [2.45, 2.75) is 25.2 Å². The van der Waals surface area contributed by atoms with Gasteiger partial charge in [0.05, 0.1) is 23.5 Å². The zero-order valence-electron chi connectivity index (χ0n) is 10.7. The lowest BCUT2D eigenvalue weighted by atomic mass is 9.59.